The average molecular weight is 453 g/mol. The molecule has 32 heavy (non-hydrogen) atoms. The van der Waals surface area contributed by atoms with Crippen LogP contribution >= 0.6 is 0 Å². The van der Waals surface area contributed by atoms with Crippen molar-refractivity contribution in [1.29, 1.82) is 0 Å². The Balaban J connectivity index is 1.30. The van der Waals surface area contributed by atoms with Gasteiger partial charge in [-0.2, -0.15) is 4.31 Å². The van der Waals surface area contributed by atoms with E-state index in [-0.39, 0.29) is 10.6 Å². The summed E-state index contributed by atoms with van der Waals surface area (Å²) >= 11 is 0. The smallest absolute Gasteiger partial charge is 0.243 e. The minimum absolute atomic E-state index is 0.220. The Morgan fingerprint density at radius 1 is 0.938 bits per heavy atom. The summed E-state index contributed by atoms with van der Waals surface area (Å²) in [4.78, 5) is 2.41. The zero-order chi connectivity index (χ0) is 22.3. The number of phenolic OH excluding ortho intramolecular Hbond substituents is 1. The molecule has 1 aliphatic rings. The van der Waals surface area contributed by atoms with Crippen LogP contribution in [0.1, 0.15) is 5.56 Å². The van der Waals surface area contributed by atoms with Gasteiger partial charge in [0.1, 0.15) is 22.7 Å². The summed E-state index contributed by atoms with van der Waals surface area (Å²) in [6.07, 6.45) is 0. The summed E-state index contributed by atoms with van der Waals surface area (Å²) in [5.41, 5.74) is 2.29. The molecule has 1 aliphatic heterocycles. The van der Waals surface area contributed by atoms with Crippen LogP contribution in [0.15, 0.2) is 70.0 Å². The van der Waals surface area contributed by atoms with E-state index in [1.54, 1.807) is 37.4 Å². The minimum Gasteiger partial charge on any atom is -0.508 e. The quantitative estimate of drug-likeness (QED) is 0.496. The highest BCUT2D eigenvalue weighted by Gasteiger charge is 2.29. The molecule has 0 bridgehead atoms. The number of benzene rings is 3. The number of sulfonamides is 1. The van der Waals surface area contributed by atoms with Crippen LogP contribution in [0.2, 0.25) is 0 Å². The second-order valence-corrected chi connectivity index (χ2v) is 9.87. The largest absolute Gasteiger partial charge is 0.508 e. The van der Waals surface area contributed by atoms with Crippen molar-refractivity contribution in [2.45, 2.75) is 11.4 Å². The molecule has 1 aromatic heterocycles. The highest BCUT2D eigenvalue weighted by atomic mass is 32.2. The standard InChI is InChI=1S/C24H24N2O5S/c1-30-18-6-8-19(9-7-18)32(28,29)26-12-10-25(11-13-26)16-17-14-24-21(15-22(17)27)20-4-2-3-5-23(20)31-24/h2-9,14-15,27H,10-13,16H2,1H3. The van der Waals surface area contributed by atoms with E-state index in [0.717, 1.165) is 27.5 Å². The van der Waals surface area contributed by atoms with Gasteiger partial charge in [-0.05, 0) is 42.5 Å². The molecule has 0 spiro atoms. The zero-order valence-corrected chi connectivity index (χ0v) is 18.5. The Bertz CT molecular complexity index is 1370. The molecular weight excluding hydrogens is 428 g/mol. The van der Waals surface area contributed by atoms with Gasteiger partial charge < -0.3 is 14.3 Å². The summed E-state index contributed by atoms with van der Waals surface area (Å²) in [5.74, 6) is 0.840. The van der Waals surface area contributed by atoms with Crippen LogP contribution in [0.25, 0.3) is 21.9 Å². The Morgan fingerprint density at radius 2 is 1.66 bits per heavy atom. The number of rotatable bonds is 5. The maximum absolute atomic E-state index is 13.0. The Morgan fingerprint density at radius 3 is 2.38 bits per heavy atom. The summed E-state index contributed by atoms with van der Waals surface area (Å²) in [6, 6.07) is 17.8. The van der Waals surface area contributed by atoms with Crippen molar-refractivity contribution in [1.82, 2.24) is 9.21 Å². The first-order chi connectivity index (χ1) is 15.5. The van der Waals surface area contributed by atoms with Crippen molar-refractivity contribution < 1.29 is 22.7 Å². The van der Waals surface area contributed by atoms with Gasteiger partial charge in [-0.1, -0.05) is 18.2 Å². The number of aromatic hydroxyl groups is 1. The number of phenols is 1. The summed E-state index contributed by atoms with van der Waals surface area (Å²) in [6.45, 7) is 2.46. The SMILES string of the molecule is COc1ccc(S(=O)(=O)N2CCN(Cc3cc4oc5ccccc5c4cc3O)CC2)cc1. The van der Waals surface area contributed by atoms with Gasteiger partial charge in [-0.25, -0.2) is 8.42 Å². The fourth-order valence-electron chi connectivity index (χ4n) is 4.19. The number of ether oxygens (including phenoxy) is 1. The molecule has 2 heterocycles. The lowest BCUT2D eigenvalue weighted by Crippen LogP contribution is -2.48. The van der Waals surface area contributed by atoms with Gasteiger partial charge in [-0.3, -0.25) is 4.90 Å². The lowest BCUT2D eigenvalue weighted by Gasteiger charge is -2.34. The molecule has 0 saturated carbocycles. The van der Waals surface area contributed by atoms with Gasteiger partial charge in [0.25, 0.3) is 0 Å². The molecule has 3 aromatic carbocycles. The molecule has 7 nitrogen and oxygen atoms in total. The van der Waals surface area contributed by atoms with Crippen LogP contribution in [-0.2, 0) is 16.6 Å². The lowest BCUT2D eigenvalue weighted by molar-refractivity contribution is 0.180. The van der Waals surface area contributed by atoms with E-state index in [2.05, 4.69) is 4.90 Å². The second-order valence-electron chi connectivity index (χ2n) is 7.93. The first-order valence-corrected chi connectivity index (χ1v) is 11.9. The van der Waals surface area contributed by atoms with Crippen LogP contribution < -0.4 is 4.74 Å². The fraction of sp³-hybridized carbons (Fsp3) is 0.250. The number of para-hydroxylation sites is 1. The first-order valence-electron chi connectivity index (χ1n) is 10.5. The molecule has 0 unspecified atom stereocenters. The lowest BCUT2D eigenvalue weighted by atomic mass is 10.1. The van der Waals surface area contributed by atoms with Crippen molar-refractivity contribution in [3.63, 3.8) is 0 Å². The van der Waals surface area contributed by atoms with E-state index in [1.165, 1.54) is 4.31 Å². The summed E-state index contributed by atoms with van der Waals surface area (Å²) in [7, 11) is -2.00. The molecular formula is C24H24N2O5S. The van der Waals surface area contributed by atoms with E-state index >= 15 is 0 Å². The number of nitrogens with zero attached hydrogens (tertiary/aromatic N) is 2. The molecule has 8 heteroatoms. The van der Waals surface area contributed by atoms with Crippen LogP contribution in [0.3, 0.4) is 0 Å². The third-order valence-electron chi connectivity index (χ3n) is 6.00. The Kier molecular flexibility index (Phi) is 5.28. The molecule has 1 fully saturated rings. The molecule has 0 aliphatic carbocycles. The number of furan rings is 1. The number of hydrogen-bond acceptors (Lipinski definition) is 6. The molecule has 5 rings (SSSR count). The molecule has 1 N–H and O–H groups in total. The van der Waals surface area contributed by atoms with Crippen LogP contribution in [0.5, 0.6) is 11.5 Å². The third-order valence-corrected chi connectivity index (χ3v) is 7.91. The predicted octanol–water partition coefficient (Wildman–Crippen LogP) is 3.81. The van der Waals surface area contributed by atoms with Crippen LogP contribution in [0, 0.1) is 0 Å². The van der Waals surface area contributed by atoms with E-state index in [4.69, 9.17) is 9.15 Å². The second kappa shape index (κ2) is 8.12. The topological polar surface area (TPSA) is 83.2 Å². The highest BCUT2D eigenvalue weighted by molar-refractivity contribution is 7.89. The molecule has 4 aromatic rings. The maximum Gasteiger partial charge on any atom is 0.243 e. The van der Waals surface area contributed by atoms with Crippen molar-refractivity contribution in [2.75, 3.05) is 33.3 Å². The minimum atomic E-state index is -3.55. The van der Waals surface area contributed by atoms with Gasteiger partial charge in [0.2, 0.25) is 10.0 Å². The van der Waals surface area contributed by atoms with Gasteiger partial charge in [0, 0.05) is 49.1 Å². The highest BCUT2D eigenvalue weighted by Crippen LogP contribution is 2.34. The van der Waals surface area contributed by atoms with E-state index in [1.807, 2.05) is 30.3 Å². The van der Waals surface area contributed by atoms with Crippen LogP contribution in [0.4, 0.5) is 0 Å². The van der Waals surface area contributed by atoms with E-state index < -0.39 is 10.0 Å². The van der Waals surface area contributed by atoms with E-state index in [9.17, 15) is 13.5 Å². The summed E-state index contributed by atoms with van der Waals surface area (Å²) in [5, 5.41) is 12.5. The Hall–Kier alpha value is -3.07. The van der Waals surface area contributed by atoms with Crippen molar-refractivity contribution in [3.8, 4) is 11.5 Å². The van der Waals surface area contributed by atoms with Gasteiger partial charge in [0.05, 0.1) is 12.0 Å². The van der Waals surface area contributed by atoms with Gasteiger partial charge in [-0.15, -0.1) is 0 Å². The number of piperazine rings is 1. The van der Waals surface area contributed by atoms with Gasteiger partial charge >= 0.3 is 0 Å². The normalized spacial score (nSPS) is 16.0. The number of hydrogen-bond donors (Lipinski definition) is 1. The summed E-state index contributed by atoms with van der Waals surface area (Å²) < 4.78 is 38.5. The van der Waals surface area contributed by atoms with Crippen LogP contribution in [-0.4, -0.2) is 56.0 Å². The maximum atomic E-state index is 13.0. The van der Waals surface area contributed by atoms with Gasteiger partial charge in [0.15, 0.2) is 0 Å². The molecule has 0 atom stereocenters. The number of methoxy groups -OCH3 is 1. The Labute approximate surface area is 186 Å². The zero-order valence-electron chi connectivity index (χ0n) is 17.7. The fourth-order valence-corrected chi connectivity index (χ4v) is 5.62. The van der Waals surface area contributed by atoms with E-state index in [0.29, 0.717) is 38.5 Å². The molecule has 0 amide bonds. The molecule has 0 radical (unpaired) electrons. The third kappa shape index (κ3) is 3.70. The monoisotopic (exact) mass is 452 g/mol. The predicted molar refractivity (Wildman–Crippen MR) is 122 cm³/mol. The first kappa shape index (κ1) is 20.8. The molecule has 166 valence electrons. The molecule has 1 saturated heterocycles. The van der Waals surface area contributed by atoms with Crippen molar-refractivity contribution >= 4 is 32.0 Å². The van der Waals surface area contributed by atoms with Crippen molar-refractivity contribution in [3.05, 3.63) is 66.2 Å². The average Bonchev–Trinajstić information content (AvgIpc) is 3.17. The number of fused-ring (bicyclic) bond motifs is 3. The van der Waals surface area contributed by atoms with Crippen molar-refractivity contribution in [2.24, 2.45) is 0 Å².